The predicted octanol–water partition coefficient (Wildman–Crippen LogP) is 6.98. The monoisotopic (exact) mass is 685 g/mol. The number of pyridine rings is 1. The summed E-state index contributed by atoms with van der Waals surface area (Å²) < 4.78 is 5.72. The normalized spacial score (nSPS) is 14.3. The van der Waals surface area contributed by atoms with Gasteiger partial charge in [0.05, 0.1) is 23.7 Å². The van der Waals surface area contributed by atoms with Crippen LogP contribution in [0.25, 0.3) is 10.9 Å². The summed E-state index contributed by atoms with van der Waals surface area (Å²) in [5.41, 5.74) is 4.67. The molecule has 10 heteroatoms. The van der Waals surface area contributed by atoms with Crippen LogP contribution in [-0.2, 0) is 4.79 Å². The van der Waals surface area contributed by atoms with Crippen LogP contribution in [0.5, 0.6) is 5.88 Å². The summed E-state index contributed by atoms with van der Waals surface area (Å²) in [5.74, 6) is 0.607. The second-order valence-corrected chi connectivity index (χ2v) is 12.2. The molecule has 0 aliphatic carbocycles. The zero-order valence-electron chi connectivity index (χ0n) is 30.1. The molecular formula is C38H60ClN5O4. The summed E-state index contributed by atoms with van der Waals surface area (Å²) in [6.45, 7) is 18.9. The molecule has 1 unspecified atom stereocenters. The van der Waals surface area contributed by atoms with E-state index in [1.807, 2.05) is 30.3 Å². The van der Waals surface area contributed by atoms with Gasteiger partial charge in [-0.15, -0.1) is 12.4 Å². The molecule has 48 heavy (non-hydrogen) atoms. The molecule has 2 aromatic carbocycles. The maximum absolute atomic E-state index is 12.7. The topological polar surface area (TPSA) is 118 Å². The molecule has 3 aromatic rings. The SMILES string of the molecule is CCCCN1CCCCC1C(=O)Nc1c(C)cccc1C.CCCCOc1cc(C(=O)NCCN(CC)CC)c2ccccc2n1.Cl.O. The minimum atomic E-state index is -0.0777. The Bertz CT molecular complexity index is 1360. The van der Waals surface area contributed by atoms with Crippen molar-refractivity contribution in [1.82, 2.24) is 20.1 Å². The number of benzene rings is 2. The number of halogens is 1. The van der Waals surface area contributed by atoms with Crippen molar-refractivity contribution in [2.45, 2.75) is 92.5 Å². The summed E-state index contributed by atoms with van der Waals surface area (Å²) in [7, 11) is 0. The third-order valence-electron chi connectivity index (χ3n) is 8.74. The molecular weight excluding hydrogens is 626 g/mol. The number of piperidine rings is 1. The van der Waals surface area contributed by atoms with E-state index in [0.717, 1.165) is 86.1 Å². The molecule has 4 rings (SSSR count). The van der Waals surface area contributed by atoms with E-state index in [1.54, 1.807) is 6.07 Å². The highest BCUT2D eigenvalue weighted by molar-refractivity contribution is 6.06. The number of aryl methyl sites for hydroxylation is 2. The minimum absolute atomic E-state index is 0. The van der Waals surface area contributed by atoms with Gasteiger partial charge < -0.3 is 25.7 Å². The minimum Gasteiger partial charge on any atom is -0.478 e. The zero-order chi connectivity index (χ0) is 33.3. The first-order valence-corrected chi connectivity index (χ1v) is 17.5. The van der Waals surface area contributed by atoms with Crippen molar-refractivity contribution in [2.75, 3.05) is 51.2 Å². The van der Waals surface area contributed by atoms with Crippen LogP contribution in [0, 0.1) is 13.8 Å². The Kier molecular flexibility index (Phi) is 20.7. The van der Waals surface area contributed by atoms with Crippen LogP contribution in [0.4, 0.5) is 5.69 Å². The molecule has 4 N–H and O–H groups in total. The largest absolute Gasteiger partial charge is 0.478 e. The number of nitrogens with zero attached hydrogens (tertiary/aromatic N) is 3. The number of amides is 2. The van der Waals surface area contributed by atoms with E-state index in [9.17, 15) is 9.59 Å². The van der Waals surface area contributed by atoms with Gasteiger partial charge in [-0.2, -0.15) is 0 Å². The van der Waals surface area contributed by atoms with E-state index in [2.05, 4.69) is 79.1 Å². The first-order chi connectivity index (χ1) is 22.3. The van der Waals surface area contributed by atoms with E-state index in [0.29, 0.717) is 24.6 Å². The Morgan fingerprint density at radius 3 is 2.31 bits per heavy atom. The Hall–Kier alpha value is -3.24. The van der Waals surface area contributed by atoms with E-state index in [-0.39, 0.29) is 35.7 Å². The lowest BCUT2D eigenvalue weighted by molar-refractivity contribution is -0.122. The average molecular weight is 686 g/mol. The number of hydrogen-bond acceptors (Lipinski definition) is 6. The van der Waals surface area contributed by atoms with Crippen LogP contribution in [0.15, 0.2) is 48.5 Å². The lowest BCUT2D eigenvalue weighted by Gasteiger charge is -2.34. The number of carbonyl (C=O) groups is 2. The summed E-state index contributed by atoms with van der Waals surface area (Å²) in [6.07, 6.45) is 7.76. The highest BCUT2D eigenvalue weighted by Gasteiger charge is 2.28. The van der Waals surface area contributed by atoms with Crippen molar-refractivity contribution < 1.29 is 19.8 Å². The van der Waals surface area contributed by atoms with E-state index < -0.39 is 0 Å². The number of likely N-dealkylation sites (N-methyl/N-ethyl adjacent to an activating group) is 1. The third-order valence-corrected chi connectivity index (χ3v) is 8.74. The second kappa shape index (κ2) is 23.2. The van der Waals surface area contributed by atoms with Crippen LogP contribution in [-0.4, -0.2) is 84.0 Å². The van der Waals surface area contributed by atoms with Crippen molar-refractivity contribution in [2.24, 2.45) is 0 Å². The molecule has 268 valence electrons. The van der Waals surface area contributed by atoms with Gasteiger partial charge in [-0.25, -0.2) is 4.98 Å². The average Bonchev–Trinajstić information content (AvgIpc) is 3.07. The molecule has 9 nitrogen and oxygen atoms in total. The fourth-order valence-electron chi connectivity index (χ4n) is 5.83. The lowest BCUT2D eigenvalue weighted by Crippen LogP contribution is -2.47. The van der Waals surface area contributed by atoms with Gasteiger partial charge in [0.2, 0.25) is 11.8 Å². The fourth-order valence-corrected chi connectivity index (χ4v) is 5.83. The standard InChI is InChI=1S/C20H29N3O2.C18H28N2O.ClH.H2O/c1-4-7-14-25-19-15-17(16-10-8-9-11-18(16)22-19)20(24)21-12-13-23(5-2)6-3;1-4-5-12-20-13-7-6-11-16(20)18(21)19-17-14(2)9-8-10-15(17)3;;/h8-11,15H,4-7,12-14H2,1-3H3,(H,21,24);8-10,16H,4-7,11-13H2,1-3H3,(H,19,21);1H;1H2. The summed E-state index contributed by atoms with van der Waals surface area (Å²) >= 11 is 0. The second-order valence-electron chi connectivity index (χ2n) is 12.2. The van der Waals surface area contributed by atoms with E-state index >= 15 is 0 Å². The van der Waals surface area contributed by atoms with Crippen molar-refractivity contribution in [3.63, 3.8) is 0 Å². The molecule has 1 atom stereocenters. The van der Waals surface area contributed by atoms with E-state index in [4.69, 9.17) is 4.74 Å². The van der Waals surface area contributed by atoms with Gasteiger partial charge in [-0.1, -0.05) is 83.4 Å². The Labute approximate surface area is 294 Å². The molecule has 0 saturated carbocycles. The highest BCUT2D eigenvalue weighted by atomic mass is 35.5. The quantitative estimate of drug-likeness (QED) is 0.167. The number of ether oxygens (including phenoxy) is 1. The summed E-state index contributed by atoms with van der Waals surface area (Å²) in [6, 6.07) is 15.6. The maximum Gasteiger partial charge on any atom is 0.252 e. The van der Waals surface area contributed by atoms with Crippen LogP contribution in [0.1, 0.15) is 94.1 Å². The molecule has 1 aromatic heterocycles. The van der Waals surface area contributed by atoms with Gasteiger partial charge >= 0.3 is 0 Å². The Morgan fingerprint density at radius 2 is 1.65 bits per heavy atom. The number of unbranched alkanes of at least 4 members (excludes halogenated alkanes) is 2. The van der Waals surface area contributed by atoms with E-state index in [1.165, 1.54) is 19.3 Å². The molecule has 1 aliphatic rings. The summed E-state index contributed by atoms with van der Waals surface area (Å²) in [4.78, 5) is 34.5. The lowest BCUT2D eigenvalue weighted by atomic mass is 10.00. The van der Waals surface area contributed by atoms with Crippen molar-refractivity contribution in [3.8, 4) is 5.88 Å². The van der Waals surface area contributed by atoms with Crippen molar-refractivity contribution >= 4 is 40.8 Å². The smallest absolute Gasteiger partial charge is 0.252 e. The number of carbonyl (C=O) groups excluding carboxylic acids is 2. The van der Waals surface area contributed by atoms with Gasteiger partial charge in [0.1, 0.15) is 0 Å². The number of anilines is 1. The fraction of sp³-hybridized carbons (Fsp3) is 0.553. The van der Waals surface area contributed by atoms with Gasteiger partial charge in [0.15, 0.2) is 0 Å². The number of nitrogens with one attached hydrogen (secondary N) is 2. The third kappa shape index (κ3) is 13.0. The molecule has 0 spiro atoms. The molecule has 0 radical (unpaired) electrons. The maximum atomic E-state index is 12.7. The zero-order valence-corrected chi connectivity index (χ0v) is 30.9. The van der Waals surface area contributed by atoms with Crippen LogP contribution in [0.2, 0.25) is 0 Å². The number of hydrogen-bond donors (Lipinski definition) is 2. The molecule has 1 fully saturated rings. The number of likely N-dealkylation sites (tertiary alicyclic amines) is 1. The van der Waals surface area contributed by atoms with Crippen molar-refractivity contribution in [3.05, 3.63) is 65.2 Å². The number of aromatic nitrogens is 1. The van der Waals surface area contributed by atoms with Crippen LogP contribution >= 0.6 is 12.4 Å². The first-order valence-electron chi connectivity index (χ1n) is 17.5. The molecule has 2 heterocycles. The van der Waals surface area contributed by atoms with Crippen molar-refractivity contribution in [1.29, 1.82) is 0 Å². The molecule has 1 saturated heterocycles. The van der Waals surface area contributed by atoms with Gasteiger partial charge in [-0.3, -0.25) is 14.5 Å². The highest BCUT2D eigenvalue weighted by Crippen LogP contribution is 2.24. The molecule has 2 amide bonds. The van der Waals surface area contributed by atoms with Crippen LogP contribution in [0.3, 0.4) is 0 Å². The van der Waals surface area contributed by atoms with Gasteiger partial charge in [-0.05, 0) is 82.9 Å². The van der Waals surface area contributed by atoms with Gasteiger partial charge in [0.25, 0.3) is 5.91 Å². The molecule has 1 aliphatic heterocycles. The Morgan fingerprint density at radius 1 is 0.958 bits per heavy atom. The summed E-state index contributed by atoms with van der Waals surface area (Å²) in [5, 5.41) is 7.05. The number of rotatable bonds is 15. The Balaban J connectivity index is 0.000000467. The number of para-hydroxylation sites is 2. The predicted molar refractivity (Wildman–Crippen MR) is 202 cm³/mol. The first kappa shape index (κ1) is 42.8. The van der Waals surface area contributed by atoms with Gasteiger partial charge in [0, 0.05) is 30.2 Å². The van der Waals surface area contributed by atoms with Crippen LogP contribution < -0.4 is 15.4 Å². The molecule has 0 bridgehead atoms. The number of fused-ring (bicyclic) bond motifs is 1.